The van der Waals surface area contributed by atoms with Gasteiger partial charge in [-0.15, -0.1) is 13.2 Å². The van der Waals surface area contributed by atoms with Gasteiger partial charge in [-0.1, -0.05) is 59.8 Å². The zero-order valence-corrected chi connectivity index (χ0v) is 34.0. The highest BCUT2D eigenvalue weighted by Gasteiger charge is 2.46. The number of rotatable bonds is 23. The molecule has 14 nitrogen and oxygen atoms in total. The Morgan fingerprint density at radius 2 is 0.929 bits per heavy atom. The van der Waals surface area contributed by atoms with E-state index >= 15 is 0 Å². The normalized spacial score (nSPS) is 33.4. The zero-order chi connectivity index (χ0) is 42.7. The van der Waals surface area contributed by atoms with Crippen molar-refractivity contribution in [1.82, 2.24) is 0 Å². The molecule has 0 unspecified atom stereocenters. The van der Waals surface area contributed by atoms with Gasteiger partial charge in [0.2, 0.25) is 0 Å². The van der Waals surface area contributed by atoms with E-state index in [0.717, 1.165) is 22.3 Å². The van der Waals surface area contributed by atoms with E-state index in [1.54, 1.807) is 13.8 Å². The Balaban J connectivity index is 2.26. The second-order valence-electron chi connectivity index (χ2n) is 16.3. The van der Waals surface area contributed by atoms with Crippen molar-refractivity contribution in [2.75, 3.05) is 13.2 Å². The summed E-state index contributed by atoms with van der Waals surface area (Å²) in [5, 5.41) is 103. The molecular formula is C42H70O14. The van der Waals surface area contributed by atoms with Gasteiger partial charge in [-0.25, -0.2) is 0 Å². The van der Waals surface area contributed by atoms with Gasteiger partial charge in [0.25, 0.3) is 0 Å². The molecule has 0 radical (unpaired) electrons. The van der Waals surface area contributed by atoms with Gasteiger partial charge in [0, 0.05) is 12.8 Å². The summed E-state index contributed by atoms with van der Waals surface area (Å²) < 4.78 is 23.2. The number of ether oxygens (including phenoxy) is 4. The van der Waals surface area contributed by atoms with Crippen LogP contribution >= 0.6 is 0 Å². The van der Waals surface area contributed by atoms with E-state index in [1.807, 2.05) is 39.8 Å². The molecule has 0 spiro atoms. The topological polar surface area (TPSA) is 239 Å². The summed E-state index contributed by atoms with van der Waals surface area (Å²) in [6, 6.07) is 0. The molecule has 0 aromatic rings. The van der Waals surface area contributed by atoms with Crippen LogP contribution in [0.25, 0.3) is 0 Å². The molecule has 10 N–H and O–H groups in total. The number of aliphatic hydroxyl groups is 10. The Morgan fingerprint density at radius 1 is 0.607 bits per heavy atom. The third-order valence-electron chi connectivity index (χ3n) is 10.8. The molecule has 16 atom stereocenters. The molecule has 0 aliphatic carbocycles. The van der Waals surface area contributed by atoms with Crippen LogP contribution in [0.5, 0.6) is 0 Å². The predicted molar refractivity (Wildman–Crippen MR) is 211 cm³/mol. The van der Waals surface area contributed by atoms with Gasteiger partial charge in [0.05, 0.1) is 36.6 Å². The molecule has 2 aliphatic heterocycles. The van der Waals surface area contributed by atoms with Crippen molar-refractivity contribution < 1.29 is 70.0 Å². The van der Waals surface area contributed by atoms with Crippen molar-refractivity contribution in [1.29, 1.82) is 0 Å². The average molecular weight is 799 g/mol. The summed E-state index contributed by atoms with van der Waals surface area (Å²) in [5.41, 5.74) is 1.03. The fourth-order valence-electron chi connectivity index (χ4n) is 7.13. The molecule has 322 valence electrons. The standard InChI is InChI=1S/C42H70O14/c1-11-41(9,51)19-27(53-39-37(49)35(47)33(45)31(21-43)55-39)17-25(7)13-15-29(23(3)4)30(24(5)6)16-14-26(8)18-28(20-42(10,52)12-2)54-40-38(50)36(48)34(46)32(22-44)56-40/h11-12,17-18,27-40,43-52H,1-3,5,13-16,19-22H2,4,6-10H3/b25-17+,26-18+/t27-,28-,29+,30+,31-,32-,33-,34-,35+,36+,37-,38-,39-,40-,41-,42-/m1/s1. The van der Waals surface area contributed by atoms with E-state index in [4.69, 9.17) is 18.9 Å². The van der Waals surface area contributed by atoms with Crippen LogP contribution in [-0.4, -0.2) is 149 Å². The van der Waals surface area contributed by atoms with Crippen molar-refractivity contribution in [3.05, 3.63) is 72.9 Å². The first-order valence-electron chi connectivity index (χ1n) is 19.3. The largest absolute Gasteiger partial charge is 0.394 e. The number of hydrogen-bond acceptors (Lipinski definition) is 14. The molecule has 0 saturated carbocycles. The SMILES string of the molecule is C=C[C@@](C)(O)C[C@@H](/C=C(\C)CC[C@@H](C(=C)C)[C@@H](CC/C(C)=C/[C@H](C[C@](C)(O)C=C)O[C@@H]1O[C@H](CO)[C@@H](O)[C@H](O)[C@H]1O)C(=C)C)O[C@@H]1O[C@H](CO)[C@@H](O)[C@H](O)[C@H]1O. The monoisotopic (exact) mass is 798 g/mol. The summed E-state index contributed by atoms with van der Waals surface area (Å²) >= 11 is 0. The lowest BCUT2D eigenvalue weighted by Crippen LogP contribution is -2.59. The molecule has 0 aromatic carbocycles. The Hall–Kier alpha value is -2.12. The lowest BCUT2D eigenvalue weighted by molar-refractivity contribution is -0.309. The van der Waals surface area contributed by atoms with Crippen LogP contribution in [0.3, 0.4) is 0 Å². The van der Waals surface area contributed by atoms with Crippen molar-refractivity contribution in [2.45, 2.75) is 165 Å². The maximum absolute atomic E-state index is 10.8. The third kappa shape index (κ3) is 14.6. The van der Waals surface area contributed by atoms with E-state index in [1.165, 1.54) is 12.2 Å². The van der Waals surface area contributed by atoms with Crippen molar-refractivity contribution in [3.8, 4) is 0 Å². The van der Waals surface area contributed by atoms with Gasteiger partial charge < -0.3 is 70.0 Å². The second kappa shape index (κ2) is 22.3. The highest BCUT2D eigenvalue weighted by molar-refractivity contribution is 5.14. The molecular weight excluding hydrogens is 728 g/mol. The maximum atomic E-state index is 10.8. The summed E-state index contributed by atoms with van der Waals surface area (Å²) in [6.07, 6.45) is -7.21. The number of aliphatic hydroxyl groups excluding tert-OH is 8. The second-order valence-corrected chi connectivity index (χ2v) is 16.3. The fraction of sp³-hybridized carbons (Fsp3) is 0.714. The fourth-order valence-corrected chi connectivity index (χ4v) is 7.13. The van der Waals surface area contributed by atoms with Crippen LogP contribution in [-0.2, 0) is 18.9 Å². The Bertz CT molecular complexity index is 1240. The molecule has 2 heterocycles. The van der Waals surface area contributed by atoms with Crippen LogP contribution in [0.15, 0.2) is 72.9 Å². The van der Waals surface area contributed by atoms with Crippen molar-refractivity contribution >= 4 is 0 Å². The third-order valence-corrected chi connectivity index (χ3v) is 10.8. The summed E-state index contributed by atoms with van der Waals surface area (Å²) in [7, 11) is 0. The van der Waals surface area contributed by atoms with Gasteiger partial charge in [0.1, 0.15) is 48.8 Å². The first-order chi connectivity index (χ1) is 26.0. The molecule has 2 rings (SSSR count). The molecule has 56 heavy (non-hydrogen) atoms. The van der Waals surface area contributed by atoms with Crippen LogP contribution in [0.1, 0.15) is 80.1 Å². The van der Waals surface area contributed by atoms with E-state index in [0.29, 0.717) is 25.7 Å². The van der Waals surface area contributed by atoms with Gasteiger partial charge in [-0.05, 0) is 79.1 Å². The minimum absolute atomic E-state index is 0.0208. The van der Waals surface area contributed by atoms with Crippen molar-refractivity contribution in [3.63, 3.8) is 0 Å². The summed E-state index contributed by atoms with van der Waals surface area (Å²) in [4.78, 5) is 0. The van der Waals surface area contributed by atoms with Crippen molar-refractivity contribution in [2.24, 2.45) is 11.8 Å². The van der Waals surface area contributed by atoms with Crippen LogP contribution < -0.4 is 0 Å². The molecule has 0 aromatic heterocycles. The maximum Gasteiger partial charge on any atom is 0.187 e. The first-order valence-corrected chi connectivity index (χ1v) is 19.3. The van der Waals surface area contributed by atoms with Crippen LogP contribution in [0.2, 0.25) is 0 Å². The van der Waals surface area contributed by atoms with Gasteiger partial charge in [-0.2, -0.15) is 0 Å². The van der Waals surface area contributed by atoms with Gasteiger partial charge in [0.15, 0.2) is 12.6 Å². The number of allylic oxidation sites excluding steroid dienone is 4. The number of hydrogen-bond donors (Lipinski definition) is 10. The summed E-state index contributed by atoms with van der Waals surface area (Å²) in [5.74, 6) is 0.0415. The Morgan fingerprint density at radius 3 is 1.20 bits per heavy atom. The van der Waals surface area contributed by atoms with E-state index in [9.17, 15) is 51.1 Å². The van der Waals surface area contributed by atoms with Gasteiger partial charge in [-0.3, -0.25) is 0 Å². The Kier molecular flexibility index (Phi) is 19.9. The molecule has 0 amide bonds. The molecule has 2 fully saturated rings. The minimum atomic E-state index is -1.62. The molecule has 2 saturated heterocycles. The lowest BCUT2D eigenvalue weighted by Gasteiger charge is -2.41. The smallest absolute Gasteiger partial charge is 0.187 e. The molecule has 0 bridgehead atoms. The van der Waals surface area contributed by atoms with Crippen LogP contribution in [0.4, 0.5) is 0 Å². The van der Waals surface area contributed by atoms with Gasteiger partial charge >= 0.3 is 0 Å². The predicted octanol–water partition coefficient (Wildman–Crippen LogP) is 1.85. The van der Waals surface area contributed by atoms with E-state index in [2.05, 4.69) is 26.3 Å². The molecule has 14 heteroatoms. The minimum Gasteiger partial charge on any atom is -0.394 e. The lowest BCUT2D eigenvalue weighted by atomic mass is 9.76. The molecule has 2 aliphatic rings. The quantitative estimate of drug-likeness (QED) is 0.0665. The highest BCUT2D eigenvalue weighted by Crippen LogP contribution is 2.36. The summed E-state index contributed by atoms with van der Waals surface area (Å²) in [6.45, 7) is 25.6. The Labute approximate surface area is 332 Å². The first kappa shape index (κ1) is 50.0. The zero-order valence-electron chi connectivity index (χ0n) is 34.0. The van der Waals surface area contributed by atoms with E-state index < -0.39 is 98.0 Å². The van der Waals surface area contributed by atoms with E-state index in [-0.39, 0.29) is 24.7 Å². The van der Waals surface area contributed by atoms with Crippen LogP contribution in [0, 0.1) is 11.8 Å². The average Bonchev–Trinajstić information content (AvgIpc) is 3.12. The highest BCUT2D eigenvalue weighted by atomic mass is 16.7.